The average molecular weight is 280 g/mol. The van der Waals surface area contributed by atoms with Crippen LogP contribution in [0.4, 0.5) is 0 Å². The number of aliphatic hydroxyl groups is 4. The standard InChI is InChI=1S/C11H20O8/c12-4-8(14)6-18-10(16)2-1-3-11(17)19-7-9(15)5-13/h8-9,12-15H,1-7H2. The van der Waals surface area contributed by atoms with Gasteiger partial charge in [0.15, 0.2) is 0 Å². The summed E-state index contributed by atoms with van der Waals surface area (Å²) in [6.45, 7) is -1.56. The largest absolute Gasteiger partial charge is 0.463 e. The highest BCUT2D eigenvalue weighted by Crippen LogP contribution is 2.01. The first-order valence-electron chi connectivity index (χ1n) is 5.88. The van der Waals surface area contributed by atoms with Crippen LogP contribution in [0.3, 0.4) is 0 Å². The summed E-state index contributed by atoms with van der Waals surface area (Å²) < 4.78 is 9.24. The predicted molar refractivity (Wildman–Crippen MR) is 62.0 cm³/mol. The molecule has 0 aliphatic carbocycles. The lowest BCUT2D eigenvalue weighted by atomic mass is 10.2. The molecular weight excluding hydrogens is 260 g/mol. The van der Waals surface area contributed by atoms with Crippen molar-refractivity contribution in [3.05, 3.63) is 0 Å². The second-order valence-corrected chi connectivity index (χ2v) is 3.89. The van der Waals surface area contributed by atoms with Gasteiger partial charge in [0.05, 0.1) is 13.2 Å². The zero-order chi connectivity index (χ0) is 14.7. The van der Waals surface area contributed by atoms with E-state index in [1.54, 1.807) is 0 Å². The van der Waals surface area contributed by atoms with E-state index < -0.39 is 37.4 Å². The number of hydrogen-bond donors (Lipinski definition) is 4. The molecule has 0 amide bonds. The minimum atomic E-state index is -1.10. The summed E-state index contributed by atoms with van der Waals surface area (Å²) in [6.07, 6.45) is -2.03. The highest BCUT2D eigenvalue weighted by molar-refractivity contribution is 5.72. The van der Waals surface area contributed by atoms with Crippen LogP contribution in [0.1, 0.15) is 19.3 Å². The van der Waals surface area contributed by atoms with Gasteiger partial charge in [-0.1, -0.05) is 0 Å². The predicted octanol–water partition coefficient (Wildman–Crippen LogP) is -2.05. The van der Waals surface area contributed by atoms with Crippen molar-refractivity contribution in [1.82, 2.24) is 0 Å². The molecule has 0 bridgehead atoms. The fourth-order valence-corrected chi connectivity index (χ4v) is 1.01. The van der Waals surface area contributed by atoms with Crippen LogP contribution in [0.15, 0.2) is 0 Å². The fraction of sp³-hybridized carbons (Fsp3) is 0.818. The molecule has 8 nitrogen and oxygen atoms in total. The molecule has 8 heteroatoms. The highest BCUT2D eigenvalue weighted by Gasteiger charge is 2.11. The number of carbonyl (C=O) groups is 2. The van der Waals surface area contributed by atoms with E-state index in [4.69, 9.17) is 20.4 Å². The lowest BCUT2D eigenvalue weighted by molar-refractivity contribution is -0.149. The maximum absolute atomic E-state index is 11.1. The van der Waals surface area contributed by atoms with Gasteiger partial charge in [0, 0.05) is 12.8 Å². The smallest absolute Gasteiger partial charge is 0.305 e. The van der Waals surface area contributed by atoms with E-state index in [-0.39, 0.29) is 32.5 Å². The van der Waals surface area contributed by atoms with Gasteiger partial charge in [-0.3, -0.25) is 9.59 Å². The van der Waals surface area contributed by atoms with Gasteiger partial charge < -0.3 is 29.9 Å². The topological polar surface area (TPSA) is 134 Å². The maximum Gasteiger partial charge on any atom is 0.305 e. The van der Waals surface area contributed by atoms with Crippen molar-refractivity contribution in [2.45, 2.75) is 31.5 Å². The van der Waals surface area contributed by atoms with Crippen LogP contribution >= 0.6 is 0 Å². The second-order valence-electron chi connectivity index (χ2n) is 3.89. The summed E-state index contributed by atoms with van der Waals surface area (Å²) in [5, 5.41) is 34.8. The molecule has 0 radical (unpaired) electrons. The van der Waals surface area contributed by atoms with Crippen molar-refractivity contribution in [1.29, 1.82) is 0 Å². The molecule has 0 saturated carbocycles. The van der Waals surface area contributed by atoms with Crippen LogP contribution < -0.4 is 0 Å². The third-order valence-electron chi connectivity index (χ3n) is 2.06. The Morgan fingerprint density at radius 2 is 1.21 bits per heavy atom. The third-order valence-corrected chi connectivity index (χ3v) is 2.06. The van der Waals surface area contributed by atoms with Crippen molar-refractivity contribution in [3.8, 4) is 0 Å². The Labute approximate surface area is 110 Å². The zero-order valence-electron chi connectivity index (χ0n) is 10.5. The molecule has 19 heavy (non-hydrogen) atoms. The molecule has 0 rings (SSSR count). The number of hydrogen-bond acceptors (Lipinski definition) is 8. The van der Waals surface area contributed by atoms with Crippen molar-refractivity contribution in [2.75, 3.05) is 26.4 Å². The third kappa shape index (κ3) is 10.4. The van der Waals surface area contributed by atoms with E-state index >= 15 is 0 Å². The molecule has 0 aromatic carbocycles. The van der Waals surface area contributed by atoms with Gasteiger partial charge in [0.2, 0.25) is 0 Å². The molecule has 2 atom stereocenters. The van der Waals surface area contributed by atoms with Crippen LogP contribution in [-0.2, 0) is 19.1 Å². The average Bonchev–Trinajstić information content (AvgIpc) is 2.41. The fourth-order valence-electron chi connectivity index (χ4n) is 1.01. The van der Waals surface area contributed by atoms with Crippen LogP contribution in [0.25, 0.3) is 0 Å². The Balaban J connectivity index is 3.56. The molecule has 0 aromatic heterocycles. The van der Waals surface area contributed by atoms with Gasteiger partial charge in [0.25, 0.3) is 0 Å². The Kier molecular flexibility index (Phi) is 9.99. The van der Waals surface area contributed by atoms with E-state index in [0.29, 0.717) is 0 Å². The monoisotopic (exact) mass is 280 g/mol. The van der Waals surface area contributed by atoms with Gasteiger partial charge >= 0.3 is 11.9 Å². The first-order chi connectivity index (χ1) is 8.99. The van der Waals surface area contributed by atoms with Gasteiger partial charge in [-0.2, -0.15) is 0 Å². The van der Waals surface area contributed by atoms with Crippen molar-refractivity contribution < 1.29 is 39.5 Å². The van der Waals surface area contributed by atoms with Crippen molar-refractivity contribution >= 4 is 11.9 Å². The van der Waals surface area contributed by atoms with E-state index in [1.165, 1.54) is 0 Å². The van der Waals surface area contributed by atoms with Gasteiger partial charge in [-0.05, 0) is 6.42 Å². The lowest BCUT2D eigenvalue weighted by Crippen LogP contribution is -2.22. The van der Waals surface area contributed by atoms with Crippen LogP contribution in [0.2, 0.25) is 0 Å². The normalized spacial score (nSPS) is 13.7. The van der Waals surface area contributed by atoms with E-state index in [2.05, 4.69) is 9.47 Å². The Bertz CT molecular complexity index is 241. The SMILES string of the molecule is O=C(CCCC(=O)OCC(O)CO)OCC(O)CO. The van der Waals surface area contributed by atoms with Gasteiger partial charge in [-0.25, -0.2) is 0 Å². The summed E-state index contributed by atoms with van der Waals surface area (Å²) in [6, 6.07) is 0. The molecule has 0 spiro atoms. The Morgan fingerprint density at radius 3 is 1.53 bits per heavy atom. The Morgan fingerprint density at radius 1 is 0.842 bits per heavy atom. The summed E-state index contributed by atoms with van der Waals surface area (Å²) in [7, 11) is 0. The number of ether oxygens (including phenoxy) is 2. The first kappa shape index (κ1) is 17.8. The van der Waals surface area contributed by atoms with Crippen LogP contribution in [-0.4, -0.2) is 71.0 Å². The lowest BCUT2D eigenvalue weighted by Gasteiger charge is -2.09. The summed E-state index contributed by atoms with van der Waals surface area (Å²) in [5.74, 6) is -1.17. The molecule has 2 unspecified atom stereocenters. The number of carbonyl (C=O) groups excluding carboxylic acids is 2. The van der Waals surface area contributed by atoms with Crippen molar-refractivity contribution in [3.63, 3.8) is 0 Å². The molecule has 0 aliphatic heterocycles. The molecule has 4 N–H and O–H groups in total. The minimum Gasteiger partial charge on any atom is -0.463 e. The van der Waals surface area contributed by atoms with Crippen LogP contribution in [0, 0.1) is 0 Å². The molecule has 0 aromatic rings. The number of esters is 2. The summed E-state index contributed by atoms with van der Waals surface area (Å²) in [5.41, 5.74) is 0. The van der Waals surface area contributed by atoms with Crippen molar-refractivity contribution in [2.24, 2.45) is 0 Å². The zero-order valence-corrected chi connectivity index (χ0v) is 10.5. The maximum atomic E-state index is 11.1. The van der Waals surface area contributed by atoms with Gasteiger partial charge in [0.1, 0.15) is 25.4 Å². The quantitative estimate of drug-likeness (QED) is 0.336. The van der Waals surface area contributed by atoms with Gasteiger partial charge in [-0.15, -0.1) is 0 Å². The van der Waals surface area contributed by atoms with E-state index in [1.807, 2.05) is 0 Å². The number of rotatable bonds is 10. The Hall–Kier alpha value is -1.22. The first-order valence-corrected chi connectivity index (χ1v) is 5.88. The van der Waals surface area contributed by atoms with E-state index in [9.17, 15) is 9.59 Å². The summed E-state index contributed by atoms with van der Waals surface area (Å²) in [4.78, 5) is 22.2. The molecular formula is C11H20O8. The second kappa shape index (κ2) is 10.7. The summed E-state index contributed by atoms with van der Waals surface area (Å²) >= 11 is 0. The number of aliphatic hydroxyl groups excluding tert-OH is 4. The molecule has 0 aliphatic rings. The minimum absolute atomic E-state index is 0.0181. The van der Waals surface area contributed by atoms with Crippen LogP contribution in [0.5, 0.6) is 0 Å². The molecule has 112 valence electrons. The molecule has 0 fully saturated rings. The highest BCUT2D eigenvalue weighted by atomic mass is 16.5. The molecule has 0 saturated heterocycles. The molecule has 0 heterocycles. The van der Waals surface area contributed by atoms with E-state index in [0.717, 1.165) is 0 Å².